The maximum atomic E-state index is 6.23. The molecule has 1 heterocycles. The van der Waals surface area contributed by atoms with E-state index in [-0.39, 0.29) is 0 Å². The molecule has 1 aliphatic rings. The molecule has 0 N–H and O–H groups in total. The molecule has 0 bridgehead atoms. The van der Waals surface area contributed by atoms with Crippen LogP contribution in [0.15, 0.2) is 48.5 Å². The first-order valence-corrected chi connectivity index (χ1v) is 7.87. The van der Waals surface area contributed by atoms with Crippen LogP contribution < -0.4 is 4.90 Å². The van der Waals surface area contributed by atoms with Gasteiger partial charge in [-0.1, -0.05) is 48.0 Å². The molecule has 0 aliphatic carbocycles. The van der Waals surface area contributed by atoms with E-state index >= 15 is 0 Å². The Morgan fingerprint density at radius 3 is 2.33 bits per heavy atom. The number of anilines is 1. The molecule has 3 rings (SSSR count). The molecule has 1 aliphatic heterocycles. The van der Waals surface area contributed by atoms with E-state index in [2.05, 4.69) is 58.3 Å². The highest BCUT2D eigenvalue weighted by Gasteiger charge is 2.17. The van der Waals surface area contributed by atoms with Crippen molar-refractivity contribution in [3.63, 3.8) is 0 Å². The van der Waals surface area contributed by atoms with Crippen molar-refractivity contribution in [1.82, 2.24) is 4.90 Å². The van der Waals surface area contributed by atoms with Gasteiger partial charge < -0.3 is 4.90 Å². The summed E-state index contributed by atoms with van der Waals surface area (Å²) in [5.41, 5.74) is 3.78. The second-order valence-electron chi connectivity index (χ2n) is 5.68. The summed E-state index contributed by atoms with van der Waals surface area (Å²) in [6.07, 6.45) is 0. The summed E-state index contributed by atoms with van der Waals surface area (Å²) in [6, 6.07) is 17.1. The van der Waals surface area contributed by atoms with E-state index in [1.165, 1.54) is 11.3 Å². The third kappa shape index (κ3) is 3.58. The van der Waals surface area contributed by atoms with Gasteiger partial charge in [-0.25, -0.2) is 0 Å². The highest BCUT2D eigenvalue weighted by atomic mass is 35.5. The van der Waals surface area contributed by atoms with Gasteiger partial charge >= 0.3 is 0 Å². The molecule has 1 saturated heterocycles. The maximum Gasteiger partial charge on any atom is 0.0455 e. The van der Waals surface area contributed by atoms with Crippen molar-refractivity contribution in [2.24, 2.45) is 0 Å². The van der Waals surface area contributed by atoms with E-state index in [0.29, 0.717) is 0 Å². The standard InChI is InChI=1S/C18H21ClN2/c1-15-7-8-17(13-18(15)19)21-11-9-20(10-12-21)14-16-5-3-2-4-6-16/h2-8,13H,9-12,14H2,1H3. The van der Waals surface area contributed by atoms with Crippen LogP contribution in [0.4, 0.5) is 5.69 Å². The van der Waals surface area contributed by atoms with Crippen LogP contribution in [0.3, 0.4) is 0 Å². The molecule has 0 aromatic heterocycles. The van der Waals surface area contributed by atoms with Gasteiger partial charge in [-0.05, 0) is 30.2 Å². The molecule has 0 unspecified atom stereocenters. The predicted molar refractivity (Wildman–Crippen MR) is 90.1 cm³/mol. The molecule has 2 aromatic carbocycles. The van der Waals surface area contributed by atoms with Crippen LogP contribution in [0, 0.1) is 6.92 Å². The van der Waals surface area contributed by atoms with Gasteiger partial charge in [0.15, 0.2) is 0 Å². The van der Waals surface area contributed by atoms with Crippen molar-refractivity contribution < 1.29 is 0 Å². The first-order chi connectivity index (χ1) is 10.2. The zero-order valence-corrected chi connectivity index (χ0v) is 13.2. The summed E-state index contributed by atoms with van der Waals surface area (Å²) in [6.45, 7) is 7.41. The minimum Gasteiger partial charge on any atom is -0.369 e. The predicted octanol–water partition coefficient (Wildman–Crippen LogP) is 3.97. The summed E-state index contributed by atoms with van der Waals surface area (Å²) in [4.78, 5) is 4.94. The van der Waals surface area contributed by atoms with Gasteiger partial charge in [0, 0.05) is 43.4 Å². The van der Waals surface area contributed by atoms with Crippen molar-refractivity contribution in [1.29, 1.82) is 0 Å². The Morgan fingerprint density at radius 1 is 0.952 bits per heavy atom. The Morgan fingerprint density at radius 2 is 1.67 bits per heavy atom. The number of benzene rings is 2. The lowest BCUT2D eigenvalue weighted by Crippen LogP contribution is -2.45. The van der Waals surface area contributed by atoms with Crippen LogP contribution in [0.2, 0.25) is 5.02 Å². The van der Waals surface area contributed by atoms with Crippen molar-refractivity contribution in [3.05, 3.63) is 64.7 Å². The topological polar surface area (TPSA) is 6.48 Å². The highest BCUT2D eigenvalue weighted by Crippen LogP contribution is 2.24. The van der Waals surface area contributed by atoms with Gasteiger partial charge in [0.25, 0.3) is 0 Å². The Labute approximate surface area is 131 Å². The first kappa shape index (κ1) is 14.4. The third-order valence-corrected chi connectivity index (χ3v) is 4.55. The lowest BCUT2D eigenvalue weighted by atomic mass is 10.1. The van der Waals surface area contributed by atoms with E-state index < -0.39 is 0 Å². The van der Waals surface area contributed by atoms with Gasteiger partial charge in [-0.15, -0.1) is 0 Å². The Bertz CT molecular complexity index is 589. The molecule has 0 saturated carbocycles. The molecular formula is C18H21ClN2. The molecule has 110 valence electrons. The molecule has 3 heteroatoms. The fourth-order valence-corrected chi connectivity index (χ4v) is 2.96. The normalized spacial score (nSPS) is 16.2. The van der Waals surface area contributed by atoms with Gasteiger partial charge in [-0.3, -0.25) is 4.90 Å². The smallest absolute Gasteiger partial charge is 0.0455 e. The quantitative estimate of drug-likeness (QED) is 0.846. The van der Waals surface area contributed by atoms with Gasteiger partial charge in [0.2, 0.25) is 0 Å². The monoisotopic (exact) mass is 300 g/mol. The molecule has 21 heavy (non-hydrogen) atoms. The number of rotatable bonds is 3. The second-order valence-corrected chi connectivity index (χ2v) is 6.09. The minimum atomic E-state index is 0.860. The summed E-state index contributed by atoms with van der Waals surface area (Å²) >= 11 is 6.23. The lowest BCUT2D eigenvalue weighted by molar-refractivity contribution is 0.250. The Hall–Kier alpha value is -1.51. The van der Waals surface area contributed by atoms with E-state index in [4.69, 9.17) is 11.6 Å². The van der Waals surface area contributed by atoms with E-state index in [1.807, 2.05) is 6.92 Å². The molecule has 0 atom stereocenters. The Kier molecular flexibility index (Phi) is 4.47. The molecule has 0 spiro atoms. The van der Waals surface area contributed by atoms with Crippen LogP contribution in [0.25, 0.3) is 0 Å². The molecular weight excluding hydrogens is 280 g/mol. The number of hydrogen-bond acceptors (Lipinski definition) is 2. The minimum absolute atomic E-state index is 0.860. The fourth-order valence-electron chi connectivity index (χ4n) is 2.78. The zero-order valence-electron chi connectivity index (χ0n) is 12.4. The van der Waals surface area contributed by atoms with Crippen molar-refractivity contribution in [2.75, 3.05) is 31.1 Å². The van der Waals surface area contributed by atoms with Crippen molar-refractivity contribution in [2.45, 2.75) is 13.5 Å². The summed E-state index contributed by atoms with van der Waals surface area (Å²) in [5, 5.41) is 0.860. The summed E-state index contributed by atoms with van der Waals surface area (Å²) < 4.78 is 0. The largest absolute Gasteiger partial charge is 0.369 e. The fraction of sp³-hybridized carbons (Fsp3) is 0.333. The third-order valence-electron chi connectivity index (χ3n) is 4.14. The van der Waals surface area contributed by atoms with Gasteiger partial charge in [0.1, 0.15) is 0 Å². The van der Waals surface area contributed by atoms with Crippen LogP contribution in [-0.4, -0.2) is 31.1 Å². The number of aryl methyl sites for hydroxylation is 1. The number of piperazine rings is 1. The van der Waals surface area contributed by atoms with Crippen LogP contribution >= 0.6 is 11.6 Å². The molecule has 1 fully saturated rings. The second kappa shape index (κ2) is 6.50. The summed E-state index contributed by atoms with van der Waals surface area (Å²) in [5.74, 6) is 0. The van der Waals surface area contributed by atoms with E-state index in [9.17, 15) is 0 Å². The van der Waals surface area contributed by atoms with Gasteiger partial charge in [-0.2, -0.15) is 0 Å². The van der Waals surface area contributed by atoms with E-state index in [0.717, 1.165) is 43.3 Å². The highest BCUT2D eigenvalue weighted by molar-refractivity contribution is 6.31. The molecule has 0 amide bonds. The average Bonchev–Trinajstić information content (AvgIpc) is 2.52. The van der Waals surface area contributed by atoms with E-state index in [1.54, 1.807) is 0 Å². The average molecular weight is 301 g/mol. The molecule has 2 nitrogen and oxygen atoms in total. The summed E-state index contributed by atoms with van der Waals surface area (Å²) in [7, 11) is 0. The van der Waals surface area contributed by atoms with Crippen molar-refractivity contribution in [3.8, 4) is 0 Å². The lowest BCUT2D eigenvalue weighted by Gasteiger charge is -2.36. The van der Waals surface area contributed by atoms with Gasteiger partial charge in [0.05, 0.1) is 0 Å². The van der Waals surface area contributed by atoms with Crippen LogP contribution in [0.5, 0.6) is 0 Å². The number of halogens is 1. The Balaban J connectivity index is 1.58. The molecule has 0 radical (unpaired) electrons. The van der Waals surface area contributed by atoms with Crippen LogP contribution in [-0.2, 0) is 6.54 Å². The zero-order chi connectivity index (χ0) is 14.7. The maximum absolute atomic E-state index is 6.23. The molecule has 2 aromatic rings. The van der Waals surface area contributed by atoms with Crippen molar-refractivity contribution >= 4 is 17.3 Å². The van der Waals surface area contributed by atoms with Crippen LogP contribution in [0.1, 0.15) is 11.1 Å². The first-order valence-electron chi connectivity index (χ1n) is 7.50. The number of hydrogen-bond donors (Lipinski definition) is 0. The number of nitrogens with zero attached hydrogens (tertiary/aromatic N) is 2. The SMILES string of the molecule is Cc1ccc(N2CCN(Cc3ccccc3)CC2)cc1Cl.